The van der Waals surface area contributed by atoms with Crippen molar-refractivity contribution in [2.45, 2.75) is 39.7 Å². The van der Waals surface area contributed by atoms with Gasteiger partial charge in [-0.1, -0.05) is 44.0 Å². The molecule has 0 radical (unpaired) electrons. The summed E-state index contributed by atoms with van der Waals surface area (Å²) in [6.07, 6.45) is 3.09. The van der Waals surface area contributed by atoms with E-state index in [2.05, 4.69) is 15.0 Å². The largest absolute Gasteiger partial charge is 0.487 e. The van der Waals surface area contributed by atoms with Crippen molar-refractivity contribution < 1.29 is 13.5 Å². The molecule has 0 saturated carbocycles. The Hall–Kier alpha value is -3.36. The third-order valence-corrected chi connectivity index (χ3v) is 6.00. The highest BCUT2D eigenvalue weighted by Crippen LogP contribution is 2.29. The first-order valence-corrected chi connectivity index (χ1v) is 11.7. The summed E-state index contributed by atoms with van der Waals surface area (Å²) in [7, 11) is 0. The number of aryl methyl sites for hydroxylation is 1. The maximum Gasteiger partial charge on any atom is 0.277 e. The fourth-order valence-corrected chi connectivity index (χ4v) is 3.86. The lowest BCUT2D eigenvalue weighted by Gasteiger charge is -2.18. The fraction of sp³-hybridized carbons (Fsp3) is 0.231. The fourth-order valence-electron chi connectivity index (χ4n) is 3.48. The minimum atomic E-state index is -0.758. The SMILES string of the molecule is Cc1cc(OCc2ccc(F)cc2F)c(Cl)c(=O)n1-c1cc(-c2ccnc(C(C)(C)C)n2)ncc1Cl. The summed E-state index contributed by atoms with van der Waals surface area (Å²) in [6.45, 7) is 7.46. The molecule has 0 atom stereocenters. The second-order valence-electron chi connectivity index (χ2n) is 9.17. The molecule has 1 aromatic carbocycles. The summed E-state index contributed by atoms with van der Waals surface area (Å²) < 4.78 is 34.1. The van der Waals surface area contributed by atoms with E-state index in [4.69, 9.17) is 27.9 Å². The van der Waals surface area contributed by atoms with Gasteiger partial charge in [-0.15, -0.1) is 0 Å². The van der Waals surface area contributed by atoms with Crippen LogP contribution in [0.25, 0.3) is 17.1 Å². The molecule has 0 N–H and O–H groups in total. The van der Waals surface area contributed by atoms with Crippen LogP contribution in [0.5, 0.6) is 5.75 Å². The summed E-state index contributed by atoms with van der Waals surface area (Å²) in [5.41, 5.74) is 1.18. The van der Waals surface area contributed by atoms with Crippen LogP contribution in [0.2, 0.25) is 10.0 Å². The smallest absolute Gasteiger partial charge is 0.277 e. The molecule has 0 bridgehead atoms. The normalized spacial score (nSPS) is 11.6. The molecule has 0 spiro atoms. The molecule has 3 aromatic heterocycles. The lowest BCUT2D eigenvalue weighted by atomic mass is 9.95. The van der Waals surface area contributed by atoms with Crippen LogP contribution in [-0.2, 0) is 12.0 Å². The molecule has 0 aliphatic heterocycles. The number of nitrogens with zero attached hydrogens (tertiary/aromatic N) is 4. The maximum absolute atomic E-state index is 14.0. The first-order valence-electron chi connectivity index (χ1n) is 10.9. The minimum Gasteiger partial charge on any atom is -0.487 e. The number of ether oxygens (including phenoxy) is 1. The van der Waals surface area contributed by atoms with Crippen molar-refractivity contribution in [3.05, 3.63) is 97.9 Å². The van der Waals surface area contributed by atoms with Crippen molar-refractivity contribution in [2.24, 2.45) is 0 Å². The van der Waals surface area contributed by atoms with E-state index in [1.54, 1.807) is 31.3 Å². The van der Waals surface area contributed by atoms with Crippen molar-refractivity contribution in [1.29, 1.82) is 0 Å². The molecule has 36 heavy (non-hydrogen) atoms. The Kier molecular flexibility index (Phi) is 7.11. The molecular weight excluding hydrogens is 509 g/mol. The van der Waals surface area contributed by atoms with Gasteiger partial charge in [-0.05, 0) is 31.2 Å². The number of aromatic nitrogens is 4. The molecule has 4 aromatic rings. The Morgan fingerprint density at radius 3 is 2.47 bits per heavy atom. The zero-order valence-electron chi connectivity index (χ0n) is 19.9. The van der Waals surface area contributed by atoms with Gasteiger partial charge in [-0.3, -0.25) is 14.3 Å². The zero-order valence-corrected chi connectivity index (χ0v) is 21.5. The number of hydrogen-bond donors (Lipinski definition) is 0. The molecule has 186 valence electrons. The summed E-state index contributed by atoms with van der Waals surface area (Å²) in [5.74, 6) is -0.742. The quantitative estimate of drug-likeness (QED) is 0.296. The zero-order chi connectivity index (χ0) is 26.2. The van der Waals surface area contributed by atoms with Crippen LogP contribution in [0.3, 0.4) is 0 Å². The third-order valence-electron chi connectivity index (χ3n) is 5.36. The van der Waals surface area contributed by atoms with Crippen LogP contribution < -0.4 is 10.3 Å². The van der Waals surface area contributed by atoms with Crippen molar-refractivity contribution in [1.82, 2.24) is 19.5 Å². The highest BCUT2D eigenvalue weighted by Gasteiger charge is 2.20. The Morgan fingerprint density at radius 1 is 1.03 bits per heavy atom. The second-order valence-corrected chi connectivity index (χ2v) is 9.95. The Morgan fingerprint density at radius 2 is 1.78 bits per heavy atom. The van der Waals surface area contributed by atoms with Crippen LogP contribution in [0, 0.1) is 18.6 Å². The predicted octanol–water partition coefficient (Wildman–Crippen LogP) is 6.46. The van der Waals surface area contributed by atoms with E-state index in [0.29, 0.717) is 28.6 Å². The van der Waals surface area contributed by atoms with Gasteiger partial charge < -0.3 is 4.74 Å². The predicted molar refractivity (Wildman–Crippen MR) is 135 cm³/mol. The van der Waals surface area contributed by atoms with Gasteiger partial charge in [0.05, 0.1) is 22.1 Å². The van der Waals surface area contributed by atoms with E-state index in [0.717, 1.165) is 12.1 Å². The van der Waals surface area contributed by atoms with Crippen LogP contribution in [-0.4, -0.2) is 19.5 Å². The van der Waals surface area contributed by atoms with Gasteiger partial charge >= 0.3 is 0 Å². The molecule has 0 amide bonds. The summed E-state index contributed by atoms with van der Waals surface area (Å²) in [4.78, 5) is 26.6. The maximum atomic E-state index is 14.0. The van der Waals surface area contributed by atoms with Crippen molar-refractivity contribution >= 4 is 23.2 Å². The minimum absolute atomic E-state index is 0.0650. The lowest BCUT2D eigenvalue weighted by Crippen LogP contribution is -2.22. The van der Waals surface area contributed by atoms with E-state index in [1.807, 2.05) is 20.8 Å². The lowest BCUT2D eigenvalue weighted by molar-refractivity contribution is 0.298. The van der Waals surface area contributed by atoms with Gasteiger partial charge in [0.25, 0.3) is 5.56 Å². The van der Waals surface area contributed by atoms with Crippen LogP contribution in [0.1, 0.15) is 37.9 Å². The van der Waals surface area contributed by atoms with Gasteiger partial charge in [0.1, 0.15) is 34.8 Å². The van der Waals surface area contributed by atoms with Crippen molar-refractivity contribution in [3.63, 3.8) is 0 Å². The summed E-state index contributed by atoms with van der Waals surface area (Å²) in [5, 5.41) is 0.0155. The Labute approximate surface area is 216 Å². The number of benzene rings is 1. The molecule has 6 nitrogen and oxygen atoms in total. The third kappa shape index (κ3) is 5.24. The number of pyridine rings is 2. The van der Waals surface area contributed by atoms with E-state index >= 15 is 0 Å². The molecule has 0 saturated heterocycles. The Bertz CT molecular complexity index is 1520. The van der Waals surface area contributed by atoms with Gasteiger partial charge in [0.2, 0.25) is 0 Å². The van der Waals surface area contributed by atoms with Gasteiger partial charge in [-0.25, -0.2) is 18.7 Å². The summed E-state index contributed by atoms with van der Waals surface area (Å²) in [6, 6.07) is 8.07. The molecule has 10 heteroatoms. The highest BCUT2D eigenvalue weighted by molar-refractivity contribution is 6.33. The molecule has 0 fully saturated rings. The topological polar surface area (TPSA) is 69.9 Å². The monoisotopic (exact) mass is 530 g/mol. The standard InChI is InChI=1S/C26H22Cl2F2N4O2/c1-14-9-22(36-13-15-5-6-16(29)10-18(15)30)23(28)24(35)34(14)21-11-20(32-12-17(21)27)19-7-8-31-25(33-19)26(2,3)4/h5-12H,13H2,1-4H3. The molecule has 0 unspecified atom stereocenters. The average molecular weight is 531 g/mol. The van der Waals surface area contributed by atoms with E-state index in [-0.39, 0.29) is 33.4 Å². The molecule has 0 aliphatic rings. The molecule has 3 heterocycles. The van der Waals surface area contributed by atoms with Crippen LogP contribution >= 0.6 is 23.2 Å². The van der Waals surface area contributed by atoms with Gasteiger partial charge in [-0.2, -0.15) is 0 Å². The highest BCUT2D eigenvalue weighted by atomic mass is 35.5. The average Bonchev–Trinajstić information content (AvgIpc) is 2.82. The van der Waals surface area contributed by atoms with Gasteiger partial charge in [0, 0.05) is 41.2 Å². The Balaban J connectivity index is 1.72. The van der Waals surface area contributed by atoms with E-state index in [9.17, 15) is 13.6 Å². The summed E-state index contributed by atoms with van der Waals surface area (Å²) >= 11 is 12.8. The second kappa shape index (κ2) is 9.95. The van der Waals surface area contributed by atoms with Crippen molar-refractivity contribution in [2.75, 3.05) is 0 Å². The van der Waals surface area contributed by atoms with E-state index in [1.165, 1.54) is 16.8 Å². The number of hydrogen-bond acceptors (Lipinski definition) is 5. The number of rotatable bonds is 5. The van der Waals surface area contributed by atoms with Crippen LogP contribution in [0.4, 0.5) is 8.78 Å². The first-order chi connectivity index (χ1) is 17.0. The number of halogens is 4. The van der Waals surface area contributed by atoms with Gasteiger partial charge in [0.15, 0.2) is 0 Å². The van der Waals surface area contributed by atoms with Crippen LogP contribution in [0.15, 0.2) is 53.6 Å². The first kappa shape index (κ1) is 25.7. The van der Waals surface area contributed by atoms with Crippen molar-refractivity contribution in [3.8, 4) is 22.8 Å². The molecule has 0 aliphatic carbocycles. The molecular formula is C26H22Cl2F2N4O2. The van der Waals surface area contributed by atoms with E-state index < -0.39 is 17.2 Å². The molecule has 4 rings (SSSR count).